The van der Waals surface area contributed by atoms with Gasteiger partial charge in [0.25, 0.3) is 0 Å². The molecule has 2 aromatic carbocycles. The van der Waals surface area contributed by atoms with Crippen molar-refractivity contribution >= 4 is 22.0 Å². The maximum absolute atomic E-state index is 12.5. The molecule has 4 rings (SSSR count). The second kappa shape index (κ2) is 9.65. The molecule has 32 heavy (non-hydrogen) atoms. The Kier molecular flexibility index (Phi) is 6.70. The van der Waals surface area contributed by atoms with E-state index in [9.17, 15) is 13.2 Å². The van der Waals surface area contributed by atoms with E-state index in [1.807, 2.05) is 29.2 Å². The maximum Gasteiger partial charge on any atom is 0.246 e. The van der Waals surface area contributed by atoms with Gasteiger partial charge in [-0.3, -0.25) is 9.69 Å². The zero-order valence-corrected chi connectivity index (χ0v) is 18.6. The van der Waals surface area contributed by atoms with Gasteiger partial charge in [0, 0.05) is 44.8 Å². The molecule has 0 radical (unpaired) electrons. The van der Waals surface area contributed by atoms with Gasteiger partial charge in [0.2, 0.25) is 15.9 Å². The molecular formula is C24H26N4O3S. The van der Waals surface area contributed by atoms with Crippen LogP contribution in [0.2, 0.25) is 0 Å². The van der Waals surface area contributed by atoms with E-state index in [4.69, 9.17) is 5.26 Å². The lowest BCUT2D eigenvalue weighted by Gasteiger charge is -2.34. The van der Waals surface area contributed by atoms with E-state index in [1.165, 1.54) is 0 Å². The summed E-state index contributed by atoms with van der Waals surface area (Å²) in [6, 6.07) is 16.3. The number of nitriles is 1. The minimum atomic E-state index is -3.46. The van der Waals surface area contributed by atoms with E-state index in [0.717, 1.165) is 43.6 Å². The molecular weight excluding hydrogens is 424 g/mol. The molecule has 0 aromatic heterocycles. The number of piperazine rings is 1. The molecule has 166 valence electrons. The molecule has 2 aliphatic rings. The summed E-state index contributed by atoms with van der Waals surface area (Å²) in [4.78, 5) is 16.9. The van der Waals surface area contributed by atoms with Crippen LogP contribution < -0.4 is 4.72 Å². The Labute approximate surface area is 189 Å². The Balaban J connectivity index is 1.26. The number of carbonyl (C=O) groups is 1. The second-order valence-corrected chi connectivity index (χ2v) is 9.92. The summed E-state index contributed by atoms with van der Waals surface area (Å²) in [6.45, 7) is 3.70. The summed E-state index contributed by atoms with van der Waals surface area (Å²) in [5.74, 6) is -0.0462. The number of benzene rings is 2. The first-order valence-electron chi connectivity index (χ1n) is 10.7. The minimum absolute atomic E-state index is 0.0462. The van der Waals surface area contributed by atoms with Crippen molar-refractivity contribution in [1.29, 1.82) is 5.26 Å². The molecule has 1 saturated carbocycles. The molecule has 8 heteroatoms. The van der Waals surface area contributed by atoms with Crippen molar-refractivity contribution < 1.29 is 13.2 Å². The van der Waals surface area contributed by atoms with E-state index < -0.39 is 10.0 Å². The molecule has 1 amide bonds. The SMILES string of the molecule is N#Cc1ccc(CN2CCN(C(=O)/C=C/c3ccc(S(=O)(=O)NC4CC4)cc3)CC2)cc1. The van der Waals surface area contributed by atoms with Crippen LogP contribution >= 0.6 is 0 Å². The number of amides is 1. The maximum atomic E-state index is 12.5. The summed E-state index contributed by atoms with van der Waals surface area (Å²) in [5, 5.41) is 8.89. The summed E-state index contributed by atoms with van der Waals surface area (Å²) < 4.78 is 27.1. The smallest absolute Gasteiger partial charge is 0.246 e. The van der Waals surface area contributed by atoms with Crippen molar-refractivity contribution in [3.05, 3.63) is 71.3 Å². The number of hydrogen-bond acceptors (Lipinski definition) is 5. The molecule has 0 spiro atoms. The van der Waals surface area contributed by atoms with Gasteiger partial charge in [0.05, 0.1) is 16.5 Å². The van der Waals surface area contributed by atoms with Crippen LogP contribution in [0.5, 0.6) is 0 Å². The molecule has 1 aliphatic heterocycles. The Hall–Kier alpha value is -2.99. The highest BCUT2D eigenvalue weighted by Crippen LogP contribution is 2.22. The molecule has 1 saturated heterocycles. The molecule has 0 atom stereocenters. The number of nitrogens with zero attached hydrogens (tertiary/aromatic N) is 3. The normalized spacial score (nSPS) is 17.4. The average Bonchev–Trinajstić information content (AvgIpc) is 3.62. The third-order valence-corrected chi connectivity index (χ3v) is 7.22. The van der Waals surface area contributed by atoms with Gasteiger partial charge < -0.3 is 4.90 Å². The van der Waals surface area contributed by atoms with Crippen molar-refractivity contribution in [3.63, 3.8) is 0 Å². The van der Waals surface area contributed by atoms with Crippen molar-refractivity contribution in [2.45, 2.75) is 30.3 Å². The summed E-state index contributed by atoms with van der Waals surface area (Å²) in [6.07, 6.45) is 5.05. The fourth-order valence-corrected chi connectivity index (χ4v) is 4.89. The van der Waals surface area contributed by atoms with Gasteiger partial charge in [0.1, 0.15) is 0 Å². The third-order valence-electron chi connectivity index (χ3n) is 5.68. The van der Waals surface area contributed by atoms with E-state index in [1.54, 1.807) is 36.4 Å². The van der Waals surface area contributed by atoms with Gasteiger partial charge in [-0.25, -0.2) is 13.1 Å². The largest absolute Gasteiger partial charge is 0.337 e. The predicted molar refractivity (Wildman–Crippen MR) is 122 cm³/mol. The lowest BCUT2D eigenvalue weighted by atomic mass is 10.1. The van der Waals surface area contributed by atoms with Crippen LogP contribution in [0.4, 0.5) is 0 Å². The number of sulfonamides is 1. The fraction of sp³-hybridized carbons (Fsp3) is 0.333. The monoisotopic (exact) mass is 450 g/mol. The lowest BCUT2D eigenvalue weighted by Crippen LogP contribution is -2.47. The van der Waals surface area contributed by atoms with Crippen LogP contribution in [0.15, 0.2) is 59.5 Å². The number of carbonyl (C=O) groups excluding carboxylic acids is 1. The zero-order chi connectivity index (χ0) is 22.6. The molecule has 1 aliphatic carbocycles. The fourth-order valence-electron chi connectivity index (χ4n) is 3.59. The molecule has 2 fully saturated rings. The lowest BCUT2D eigenvalue weighted by molar-refractivity contribution is -0.127. The first-order valence-corrected chi connectivity index (χ1v) is 12.2. The Bertz CT molecular complexity index is 1120. The van der Waals surface area contributed by atoms with E-state index in [0.29, 0.717) is 18.7 Å². The zero-order valence-electron chi connectivity index (χ0n) is 17.8. The van der Waals surface area contributed by atoms with E-state index in [2.05, 4.69) is 15.7 Å². The van der Waals surface area contributed by atoms with Crippen LogP contribution in [0.25, 0.3) is 6.08 Å². The number of nitrogens with one attached hydrogen (secondary N) is 1. The first-order chi connectivity index (χ1) is 15.4. The summed E-state index contributed by atoms with van der Waals surface area (Å²) in [5.41, 5.74) is 2.59. The van der Waals surface area contributed by atoms with Crippen LogP contribution in [0.1, 0.15) is 29.5 Å². The first kappa shape index (κ1) is 22.2. The quantitative estimate of drug-likeness (QED) is 0.654. The van der Waals surface area contributed by atoms with Crippen molar-refractivity contribution in [2.24, 2.45) is 0 Å². The second-order valence-electron chi connectivity index (χ2n) is 8.21. The highest BCUT2D eigenvalue weighted by Gasteiger charge is 2.27. The molecule has 1 heterocycles. The Morgan fingerprint density at radius 2 is 1.69 bits per heavy atom. The van der Waals surface area contributed by atoms with E-state index >= 15 is 0 Å². The van der Waals surface area contributed by atoms with Gasteiger partial charge in [-0.15, -0.1) is 0 Å². The van der Waals surface area contributed by atoms with Crippen LogP contribution in [0, 0.1) is 11.3 Å². The van der Waals surface area contributed by atoms with Gasteiger partial charge in [0.15, 0.2) is 0 Å². The number of hydrogen-bond donors (Lipinski definition) is 1. The highest BCUT2D eigenvalue weighted by atomic mass is 32.2. The van der Waals surface area contributed by atoms with Gasteiger partial charge in [-0.05, 0) is 54.3 Å². The topological polar surface area (TPSA) is 93.5 Å². The van der Waals surface area contributed by atoms with Gasteiger partial charge in [-0.2, -0.15) is 5.26 Å². The van der Waals surface area contributed by atoms with Crippen LogP contribution in [-0.2, 0) is 21.4 Å². The minimum Gasteiger partial charge on any atom is -0.337 e. The highest BCUT2D eigenvalue weighted by molar-refractivity contribution is 7.89. The van der Waals surface area contributed by atoms with Crippen molar-refractivity contribution in [2.75, 3.05) is 26.2 Å². The third kappa shape index (κ3) is 5.82. The van der Waals surface area contributed by atoms with Crippen molar-refractivity contribution in [1.82, 2.24) is 14.5 Å². The van der Waals surface area contributed by atoms with Crippen molar-refractivity contribution in [3.8, 4) is 6.07 Å². The molecule has 2 aromatic rings. The summed E-state index contributed by atoms with van der Waals surface area (Å²) >= 11 is 0. The molecule has 0 bridgehead atoms. The standard InChI is InChI=1S/C24H26N4O3S/c25-17-20-1-3-21(4-2-20)18-27-13-15-28(16-14-27)24(29)12-7-19-5-10-23(11-6-19)32(30,31)26-22-8-9-22/h1-7,10-12,22,26H,8-9,13-16,18H2/b12-7+. The van der Waals surface area contributed by atoms with Gasteiger partial charge in [-0.1, -0.05) is 24.3 Å². The Morgan fingerprint density at radius 1 is 1.03 bits per heavy atom. The average molecular weight is 451 g/mol. The van der Waals surface area contributed by atoms with Crippen LogP contribution in [-0.4, -0.2) is 56.3 Å². The van der Waals surface area contributed by atoms with Crippen LogP contribution in [0.3, 0.4) is 0 Å². The molecule has 1 N–H and O–H groups in total. The number of rotatable bonds is 7. The molecule has 0 unspecified atom stereocenters. The summed E-state index contributed by atoms with van der Waals surface area (Å²) in [7, 11) is -3.46. The van der Waals surface area contributed by atoms with E-state index in [-0.39, 0.29) is 16.8 Å². The molecule has 7 nitrogen and oxygen atoms in total. The predicted octanol–water partition coefficient (Wildman–Crippen LogP) is 2.36. The Morgan fingerprint density at radius 3 is 2.28 bits per heavy atom. The van der Waals surface area contributed by atoms with Gasteiger partial charge >= 0.3 is 0 Å².